The van der Waals surface area contributed by atoms with Crippen molar-refractivity contribution < 1.29 is 8.42 Å². The fraction of sp³-hybridized carbons (Fsp3) is 0.500. The number of benzene rings is 1. The van der Waals surface area contributed by atoms with Gasteiger partial charge in [-0.1, -0.05) is 17.7 Å². The van der Waals surface area contributed by atoms with Gasteiger partial charge in [-0.2, -0.15) is 0 Å². The lowest BCUT2D eigenvalue weighted by molar-refractivity contribution is 0.352. The van der Waals surface area contributed by atoms with E-state index in [1.807, 2.05) is 6.92 Å². The quantitative estimate of drug-likeness (QED) is 0.726. The molecule has 0 aliphatic rings. The highest BCUT2D eigenvalue weighted by molar-refractivity contribution is 7.91. The SMILES string of the molecule is Cc1ccc(S(=O)(=O)CN(CCCl)CCCl)cc1. The molecule has 0 fully saturated rings. The van der Waals surface area contributed by atoms with E-state index < -0.39 is 9.84 Å². The Morgan fingerprint density at radius 3 is 2.00 bits per heavy atom. The fourth-order valence-corrected chi connectivity index (χ4v) is 3.46. The van der Waals surface area contributed by atoms with Crippen molar-refractivity contribution in [2.24, 2.45) is 0 Å². The van der Waals surface area contributed by atoms with Gasteiger partial charge in [-0.25, -0.2) is 8.42 Å². The van der Waals surface area contributed by atoms with Gasteiger partial charge in [0.25, 0.3) is 0 Å². The molecule has 6 heteroatoms. The molecule has 0 saturated heterocycles. The van der Waals surface area contributed by atoms with E-state index in [2.05, 4.69) is 0 Å². The number of sulfone groups is 1. The molecule has 0 aliphatic carbocycles. The standard InChI is InChI=1S/C12H17Cl2NO2S/c1-11-2-4-12(5-3-11)18(16,17)10-15(8-6-13)9-7-14/h2-5H,6-10H2,1H3. The lowest BCUT2D eigenvalue weighted by Crippen LogP contribution is -2.33. The maximum absolute atomic E-state index is 12.2. The van der Waals surface area contributed by atoms with E-state index in [1.165, 1.54) is 0 Å². The summed E-state index contributed by atoms with van der Waals surface area (Å²) in [7, 11) is -3.31. The Kier molecular flexibility index (Phi) is 6.43. The van der Waals surface area contributed by atoms with Crippen LogP contribution >= 0.6 is 23.2 Å². The molecule has 0 unspecified atom stereocenters. The molecule has 0 aromatic heterocycles. The number of hydrogen-bond donors (Lipinski definition) is 0. The minimum absolute atomic E-state index is 0.0461. The van der Waals surface area contributed by atoms with Crippen LogP contribution in [-0.2, 0) is 9.84 Å². The molecule has 0 saturated carbocycles. The van der Waals surface area contributed by atoms with Crippen molar-refractivity contribution in [3.05, 3.63) is 29.8 Å². The Morgan fingerprint density at radius 2 is 1.56 bits per heavy atom. The Bertz CT molecular complexity index is 453. The summed E-state index contributed by atoms with van der Waals surface area (Å²) in [5, 5.41) is 0. The minimum atomic E-state index is -3.31. The fourth-order valence-electron chi connectivity index (χ4n) is 1.54. The van der Waals surface area contributed by atoms with E-state index in [4.69, 9.17) is 23.2 Å². The summed E-state index contributed by atoms with van der Waals surface area (Å²) in [6.07, 6.45) is 0. The molecule has 0 spiro atoms. The van der Waals surface area contributed by atoms with Gasteiger partial charge >= 0.3 is 0 Å². The maximum atomic E-state index is 12.2. The highest BCUT2D eigenvalue weighted by atomic mass is 35.5. The molecule has 0 aliphatic heterocycles. The number of rotatable bonds is 7. The molecule has 0 N–H and O–H groups in total. The molecule has 3 nitrogen and oxygen atoms in total. The van der Waals surface area contributed by atoms with Crippen LogP contribution in [0.2, 0.25) is 0 Å². The van der Waals surface area contributed by atoms with Crippen molar-refractivity contribution in [1.29, 1.82) is 0 Å². The summed E-state index contributed by atoms with van der Waals surface area (Å²) in [4.78, 5) is 2.08. The predicted molar refractivity (Wildman–Crippen MR) is 76.2 cm³/mol. The van der Waals surface area contributed by atoms with Crippen molar-refractivity contribution in [3.8, 4) is 0 Å². The summed E-state index contributed by atoms with van der Waals surface area (Å²) in [5.74, 6) is 0.732. The molecular weight excluding hydrogens is 293 g/mol. The monoisotopic (exact) mass is 309 g/mol. The molecule has 0 atom stereocenters. The lowest BCUT2D eigenvalue weighted by Gasteiger charge is -2.19. The number of hydrogen-bond acceptors (Lipinski definition) is 3. The van der Waals surface area contributed by atoms with Crippen LogP contribution in [0.3, 0.4) is 0 Å². The third kappa shape index (κ3) is 4.76. The average molecular weight is 310 g/mol. The van der Waals surface area contributed by atoms with Crippen LogP contribution in [0.25, 0.3) is 0 Å². The second-order valence-corrected chi connectivity index (χ2v) is 6.77. The van der Waals surface area contributed by atoms with E-state index in [9.17, 15) is 8.42 Å². The van der Waals surface area contributed by atoms with Crippen LogP contribution in [0.4, 0.5) is 0 Å². The van der Waals surface area contributed by atoms with Gasteiger partial charge in [0.05, 0.1) is 4.90 Å². The third-order valence-corrected chi connectivity index (χ3v) is 4.57. The summed E-state index contributed by atoms with van der Waals surface area (Å²) in [6.45, 7) is 2.95. The maximum Gasteiger partial charge on any atom is 0.191 e. The number of alkyl halides is 2. The third-order valence-electron chi connectivity index (χ3n) is 2.53. The Morgan fingerprint density at radius 1 is 1.06 bits per heavy atom. The highest BCUT2D eigenvalue weighted by Gasteiger charge is 2.18. The van der Waals surface area contributed by atoms with E-state index in [-0.39, 0.29) is 5.88 Å². The first-order chi connectivity index (χ1) is 8.49. The topological polar surface area (TPSA) is 37.4 Å². The van der Waals surface area contributed by atoms with E-state index in [1.54, 1.807) is 29.2 Å². The van der Waals surface area contributed by atoms with Crippen molar-refractivity contribution in [3.63, 3.8) is 0 Å². The van der Waals surface area contributed by atoms with Crippen LogP contribution in [0.5, 0.6) is 0 Å². The molecule has 1 aromatic carbocycles. The summed E-state index contributed by atoms with van der Waals surface area (Å²) in [6, 6.07) is 6.84. The minimum Gasteiger partial charge on any atom is -0.287 e. The summed E-state index contributed by atoms with van der Waals surface area (Å²) < 4.78 is 24.4. The van der Waals surface area contributed by atoms with Gasteiger partial charge in [-0.3, -0.25) is 4.90 Å². The molecular formula is C12H17Cl2NO2S. The van der Waals surface area contributed by atoms with Gasteiger partial charge in [-0.15, -0.1) is 23.2 Å². The molecule has 102 valence electrons. The van der Waals surface area contributed by atoms with E-state index in [0.29, 0.717) is 29.7 Å². The molecule has 0 amide bonds. The van der Waals surface area contributed by atoms with Crippen LogP contribution in [0.1, 0.15) is 5.56 Å². The van der Waals surface area contributed by atoms with Gasteiger partial charge in [0.1, 0.15) is 5.88 Å². The lowest BCUT2D eigenvalue weighted by atomic mass is 10.2. The first-order valence-electron chi connectivity index (χ1n) is 5.63. The van der Waals surface area contributed by atoms with Gasteiger partial charge in [-0.05, 0) is 19.1 Å². The van der Waals surface area contributed by atoms with Gasteiger partial charge in [0, 0.05) is 24.8 Å². The average Bonchev–Trinajstić information content (AvgIpc) is 2.29. The van der Waals surface area contributed by atoms with Crippen molar-refractivity contribution in [1.82, 2.24) is 4.90 Å². The Labute approximate surface area is 119 Å². The Balaban J connectivity index is 2.82. The smallest absolute Gasteiger partial charge is 0.191 e. The van der Waals surface area contributed by atoms with Crippen molar-refractivity contribution in [2.75, 3.05) is 30.7 Å². The molecule has 0 bridgehead atoms. The second kappa shape index (κ2) is 7.34. The molecule has 18 heavy (non-hydrogen) atoms. The highest BCUT2D eigenvalue weighted by Crippen LogP contribution is 2.13. The van der Waals surface area contributed by atoms with Crippen LogP contribution in [0, 0.1) is 6.92 Å². The van der Waals surface area contributed by atoms with E-state index in [0.717, 1.165) is 5.56 Å². The molecule has 0 radical (unpaired) electrons. The van der Waals surface area contributed by atoms with Crippen LogP contribution < -0.4 is 0 Å². The zero-order valence-electron chi connectivity index (χ0n) is 10.3. The first kappa shape index (κ1) is 15.8. The number of halogens is 2. The largest absolute Gasteiger partial charge is 0.287 e. The normalized spacial score (nSPS) is 12.0. The molecule has 1 rings (SSSR count). The zero-order valence-corrected chi connectivity index (χ0v) is 12.6. The second-order valence-electron chi connectivity index (χ2n) is 4.05. The predicted octanol–water partition coefficient (Wildman–Crippen LogP) is 2.51. The van der Waals surface area contributed by atoms with Gasteiger partial charge in [0.2, 0.25) is 0 Å². The number of aryl methyl sites for hydroxylation is 1. The summed E-state index contributed by atoms with van der Waals surface area (Å²) >= 11 is 11.3. The Hall–Kier alpha value is -0.290. The first-order valence-corrected chi connectivity index (χ1v) is 8.35. The molecule has 0 heterocycles. The zero-order chi connectivity index (χ0) is 13.6. The van der Waals surface area contributed by atoms with Crippen molar-refractivity contribution >= 4 is 33.0 Å². The van der Waals surface area contributed by atoms with Gasteiger partial charge < -0.3 is 0 Å². The summed E-state index contributed by atoms with van der Waals surface area (Å²) in [5.41, 5.74) is 1.03. The van der Waals surface area contributed by atoms with Crippen LogP contribution in [-0.4, -0.2) is 44.0 Å². The molecule has 1 aromatic rings. The van der Waals surface area contributed by atoms with Crippen molar-refractivity contribution in [2.45, 2.75) is 11.8 Å². The number of nitrogens with zero attached hydrogens (tertiary/aromatic N) is 1. The van der Waals surface area contributed by atoms with E-state index >= 15 is 0 Å². The van der Waals surface area contributed by atoms with Gasteiger partial charge in [0.15, 0.2) is 9.84 Å². The van der Waals surface area contributed by atoms with Crippen LogP contribution in [0.15, 0.2) is 29.2 Å².